The zero-order chi connectivity index (χ0) is 18.6. The van der Waals surface area contributed by atoms with Crippen LogP contribution in [-0.2, 0) is 14.8 Å². The summed E-state index contributed by atoms with van der Waals surface area (Å²) in [5.41, 5.74) is 5.86. The van der Waals surface area contributed by atoms with Crippen molar-refractivity contribution in [3.8, 4) is 0 Å². The molecule has 7 nitrogen and oxygen atoms in total. The van der Waals surface area contributed by atoms with Crippen LogP contribution in [0.1, 0.15) is 10.4 Å². The Morgan fingerprint density at radius 3 is 2.36 bits per heavy atom. The van der Waals surface area contributed by atoms with E-state index in [4.69, 9.17) is 17.3 Å². The minimum atomic E-state index is -3.84. The highest BCUT2D eigenvalue weighted by atomic mass is 35.5. The summed E-state index contributed by atoms with van der Waals surface area (Å²) >= 11 is 5.81. The molecular weight excluding hydrogens is 366 g/mol. The van der Waals surface area contributed by atoms with E-state index in [1.807, 2.05) is 0 Å². The third-order valence-corrected chi connectivity index (χ3v) is 5.36. The van der Waals surface area contributed by atoms with Gasteiger partial charge in [0.2, 0.25) is 21.8 Å². The summed E-state index contributed by atoms with van der Waals surface area (Å²) in [4.78, 5) is 23.1. The maximum Gasteiger partial charge on any atom is 0.248 e. The highest BCUT2D eigenvalue weighted by molar-refractivity contribution is 7.89. The van der Waals surface area contributed by atoms with Crippen molar-refractivity contribution in [3.05, 3.63) is 59.1 Å². The molecular formula is C16H16ClN3O4S. The molecule has 0 heterocycles. The molecule has 0 atom stereocenters. The van der Waals surface area contributed by atoms with Crippen LogP contribution in [0.5, 0.6) is 0 Å². The number of rotatable bonds is 6. The Kier molecular flexibility index (Phi) is 5.78. The highest BCUT2D eigenvalue weighted by Gasteiger charge is 2.23. The largest absolute Gasteiger partial charge is 0.366 e. The van der Waals surface area contributed by atoms with Gasteiger partial charge in [0.1, 0.15) is 0 Å². The van der Waals surface area contributed by atoms with Crippen LogP contribution < -0.4 is 11.1 Å². The van der Waals surface area contributed by atoms with Gasteiger partial charge in [-0.2, -0.15) is 4.31 Å². The van der Waals surface area contributed by atoms with Gasteiger partial charge in [-0.1, -0.05) is 17.7 Å². The Morgan fingerprint density at radius 1 is 1.16 bits per heavy atom. The number of hydrogen-bond acceptors (Lipinski definition) is 4. The number of hydrogen-bond donors (Lipinski definition) is 2. The second-order valence-corrected chi connectivity index (χ2v) is 7.69. The van der Waals surface area contributed by atoms with Crippen LogP contribution in [0.25, 0.3) is 0 Å². The monoisotopic (exact) mass is 381 g/mol. The lowest BCUT2D eigenvalue weighted by Crippen LogP contribution is -2.35. The lowest BCUT2D eigenvalue weighted by molar-refractivity contribution is -0.116. The zero-order valence-electron chi connectivity index (χ0n) is 13.3. The summed E-state index contributed by atoms with van der Waals surface area (Å²) in [6.07, 6.45) is 0. The first-order valence-corrected chi connectivity index (χ1v) is 8.93. The van der Waals surface area contributed by atoms with Gasteiger partial charge in [-0.05, 0) is 42.5 Å². The van der Waals surface area contributed by atoms with Crippen molar-refractivity contribution >= 4 is 39.1 Å². The van der Waals surface area contributed by atoms with Crippen LogP contribution in [0, 0.1) is 0 Å². The van der Waals surface area contributed by atoms with Gasteiger partial charge >= 0.3 is 0 Å². The Bertz CT molecular complexity index is 898. The fourth-order valence-electron chi connectivity index (χ4n) is 2.01. The predicted octanol–water partition coefficient (Wildman–Crippen LogP) is 1.70. The number of carbonyl (C=O) groups excluding carboxylic acids is 2. The fraction of sp³-hybridized carbons (Fsp3) is 0.125. The molecule has 0 unspecified atom stereocenters. The number of nitrogens with two attached hydrogens (primary N) is 1. The summed E-state index contributed by atoms with van der Waals surface area (Å²) in [5, 5.41) is 2.84. The van der Waals surface area contributed by atoms with Crippen molar-refractivity contribution in [1.82, 2.24) is 4.31 Å². The molecule has 0 aliphatic carbocycles. The maximum absolute atomic E-state index is 12.4. The Labute approximate surface area is 150 Å². The third-order valence-electron chi connectivity index (χ3n) is 3.32. The van der Waals surface area contributed by atoms with Gasteiger partial charge in [-0.25, -0.2) is 8.42 Å². The minimum absolute atomic E-state index is 0.00103. The average Bonchev–Trinajstić information content (AvgIpc) is 2.55. The summed E-state index contributed by atoms with van der Waals surface area (Å²) in [6, 6.07) is 11.7. The number of sulfonamides is 1. The number of benzene rings is 2. The Balaban J connectivity index is 2.05. The third kappa shape index (κ3) is 4.79. The fourth-order valence-corrected chi connectivity index (χ4v) is 3.44. The first-order chi connectivity index (χ1) is 11.7. The normalized spacial score (nSPS) is 11.3. The molecule has 0 aromatic heterocycles. The van der Waals surface area contributed by atoms with Crippen molar-refractivity contribution in [2.24, 2.45) is 5.73 Å². The van der Waals surface area contributed by atoms with Crippen molar-refractivity contribution in [3.63, 3.8) is 0 Å². The summed E-state index contributed by atoms with van der Waals surface area (Å²) < 4.78 is 25.8. The molecule has 0 aliphatic heterocycles. The molecule has 0 bridgehead atoms. The maximum atomic E-state index is 12.4. The molecule has 2 amide bonds. The van der Waals surface area contributed by atoms with E-state index in [-0.39, 0.29) is 16.5 Å². The molecule has 0 saturated carbocycles. The number of primary amides is 1. The number of carbonyl (C=O) groups is 2. The van der Waals surface area contributed by atoms with Crippen molar-refractivity contribution in [2.75, 3.05) is 18.9 Å². The van der Waals surface area contributed by atoms with Crippen LogP contribution in [0.4, 0.5) is 5.69 Å². The Morgan fingerprint density at radius 2 is 1.80 bits per heavy atom. The molecule has 132 valence electrons. The van der Waals surface area contributed by atoms with E-state index in [1.54, 1.807) is 6.07 Å². The van der Waals surface area contributed by atoms with Crippen molar-refractivity contribution in [1.29, 1.82) is 0 Å². The molecule has 25 heavy (non-hydrogen) atoms. The highest BCUT2D eigenvalue weighted by Crippen LogP contribution is 2.18. The second kappa shape index (κ2) is 7.64. The van der Waals surface area contributed by atoms with Crippen LogP contribution in [0.15, 0.2) is 53.4 Å². The number of nitrogens with one attached hydrogen (secondary N) is 1. The quantitative estimate of drug-likeness (QED) is 0.793. The number of anilines is 1. The summed E-state index contributed by atoms with van der Waals surface area (Å²) in [5.74, 6) is -1.11. The molecule has 0 aliphatic rings. The predicted molar refractivity (Wildman–Crippen MR) is 94.9 cm³/mol. The number of nitrogens with zero attached hydrogens (tertiary/aromatic N) is 1. The summed E-state index contributed by atoms with van der Waals surface area (Å²) in [7, 11) is -2.54. The van der Waals surface area contributed by atoms with Crippen LogP contribution >= 0.6 is 11.6 Å². The van der Waals surface area contributed by atoms with E-state index in [9.17, 15) is 18.0 Å². The smallest absolute Gasteiger partial charge is 0.248 e. The van der Waals surface area contributed by atoms with Gasteiger partial charge in [0, 0.05) is 23.3 Å². The number of amides is 2. The van der Waals surface area contributed by atoms with Gasteiger partial charge in [-0.3, -0.25) is 9.59 Å². The van der Waals surface area contributed by atoms with E-state index >= 15 is 0 Å². The van der Waals surface area contributed by atoms with E-state index in [1.165, 1.54) is 49.5 Å². The van der Waals surface area contributed by atoms with Crippen LogP contribution in [0.3, 0.4) is 0 Å². The van der Waals surface area contributed by atoms with Gasteiger partial charge in [0.05, 0.1) is 11.4 Å². The number of likely N-dealkylation sites (N-methyl/N-ethyl adjacent to an activating group) is 1. The molecule has 2 rings (SSSR count). The van der Waals surface area contributed by atoms with E-state index in [0.29, 0.717) is 11.3 Å². The molecule has 3 N–H and O–H groups in total. The standard InChI is InChI=1S/C16H16ClN3O4S/c1-20(25(23,24)14-4-2-3-12(17)9-14)10-15(21)19-13-7-5-11(6-8-13)16(18)22/h2-9H,10H2,1H3,(H2,18,22)(H,19,21). The van der Waals surface area contributed by atoms with E-state index in [0.717, 1.165) is 4.31 Å². The van der Waals surface area contributed by atoms with Gasteiger partial charge in [0.25, 0.3) is 0 Å². The summed E-state index contributed by atoms with van der Waals surface area (Å²) in [6.45, 7) is -0.383. The first kappa shape index (κ1) is 18.9. The SMILES string of the molecule is CN(CC(=O)Nc1ccc(C(N)=O)cc1)S(=O)(=O)c1cccc(Cl)c1. The molecule has 0 spiro atoms. The van der Waals surface area contributed by atoms with Crippen LogP contribution in [0.2, 0.25) is 5.02 Å². The molecule has 2 aromatic carbocycles. The average molecular weight is 382 g/mol. The first-order valence-electron chi connectivity index (χ1n) is 7.12. The second-order valence-electron chi connectivity index (χ2n) is 5.21. The molecule has 0 fully saturated rings. The van der Waals surface area contributed by atoms with E-state index < -0.39 is 21.8 Å². The Hall–Kier alpha value is -2.42. The lowest BCUT2D eigenvalue weighted by atomic mass is 10.2. The van der Waals surface area contributed by atoms with Gasteiger partial charge in [0.15, 0.2) is 0 Å². The topological polar surface area (TPSA) is 110 Å². The van der Waals surface area contributed by atoms with E-state index in [2.05, 4.69) is 5.32 Å². The molecule has 2 aromatic rings. The molecule has 9 heteroatoms. The van der Waals surface area contributed by atoms with Crippen LogP contribution in [-0.4, -0.2) is 38.1 Å². The molecule has 0 saturated heterocycles. The minimum Gasteiger partial charge on any atom is -0.366 e. The number of halogens is 1. The van der Waals surface area contributed by atoms with Gasteiger partial charge < -0.3 is 11.1 Å². The molecule has 0 radical (unpaired) electrons. The van der Waals surface area contributed by atoms with Gasteiger partial charge in [-0.15, -0.1) is 0 Å². The zero-order valence-corrected chi connectivity index (χ0v) is 14.8. The van der Waals surface area contributed by atoms with Crippen molar-refractivity contribution < 1.29 is 18.0 Å². The lowest BCUT2D eigenvalue weighted by Gasteiger charge is -2.17. The van der Waals surface area contributed by atoms with Crippen molar-refractivity contribution in [2.45, 2.75) is 4.90 Å².